The Balaban J connectivity index is 1.67. The number of ether oxygens (including phenoxy) is 2. The molecule has 1 heterocycles. The second-order valence-corrected chi connectivity index (χ2v) is 10.9. The normalized spacial score (nSPS) is 11.7. The minimum atomic E-state index is -0.919. The predicted octanol–water partition coefficient (Wildman–Crippen LogP) is 5.03. The van der Waals surface area contributed by atoms with Crippen LogP contribution >= 0.6 is 0 Å². The fourth-order valence-corrected chi connectivity index (χ4v) is 4.99. The van der Waals surface area contributed by atoms with Crippen LogP contribution in [0.2, 0.25) is 0 Å². The van der Waals surface area contributed by atoms with Gasteiger partial charge in [-0.1, -0.05) is 47.6 Å². The average Bonchev–Trinajstić information content (AvgIpc) is 3.07. The van der Waals surface area contributed by atoms with Gasteiger partial charge in [-0.2, -0.15) is 0 Å². The van der Waals surface area contributed by atoms with Crippen molar-refractivity contribution in [1.82, 2.24) is 4.57 Å². The number of rotatable bonds is 12. The SMILES string of the molecule is COC(=O)CC(=O)Nc1ccc(-c2ccc(C(C/C(=N/OC(=O)CC(=O)OC)c3ccc(=O)n(C)c3)c3ccc(F)cc3C)cc2)cc1. The van der Waals surface area contributed by atoms with E-state index >= 15 is 0 Å². The van der Waals surface area contributed by atoms with Crippen molar-refractivity contribution >= 4 is 35.2 Å². The zero-order valence-electron chi connectivity index (χ0n) is 26.8. The second kappa shape index (κ2) is 16.1. The van der Waals surface area contributed by atoms with Gasteiger partial charge in [-0.3, -0.25) is 19.2 Å². The Hall–Kier alpha value is -5.91. The average molecular weight is 656 g/mol. The van der Waals surface area contributed by atoms with Crippen LogP contribution in [-0.2, 0) is 40.5 Å². The Labute approximate surface area is 275 Å². The van der Waals surface area contributed by atoms with E-state index in [0.29, 0.717) is 22.5 Å². The minimum absolute atomic E-state index is 0.176. The van der Waals surface area contributed by atoms with Gasteiger partial charge >= 0.3 is 17.9 Å². The molecule has 0 saturated carbocycles. The first-order valence-corrected chi connectivity index (χ1v) is 14.8. The topological polar surface area (TPSA) is 142 Å². The van der Waals surface area contributed by atoms with E-state index in [0.717, 1.165) is 29.4 Å². The molecule has 4 rings (SSSR count). The lowest BCUT2D eigenvalue weighted by Crippen LogP contribution is -2.19. The van der Waals surface area contributed by atoms with Gasteiger partial charge in [0.25, 0.3) is 0 Å². The van der Waals surface area contributed by atoms with Crippen LogP contribution in [0.25, 0.3) is 11.1 Å². The van der Waals surface area contributed by atoms with Gasteiger partial charge in [-0.15, -0.1) is 0 Å². The summed E-state index contributed by atoms with van der Waals surface area (Å²) in [4.78, 5) is 64.5. The maximum absolute atomic E-state index is 14.2. The largest absolute Gasteiger partial charge is 0.469 e. The number of pyridine rings is 1. The number of carbonyl (C=O) groups excluding carboxylic acids is 4. The Kier molecular flexibility index (Phi) is 11.7. The summed E-state index contributed by atoms with van der Waals surface area (Å²) in [6.45, 7) is 1.80. The number of esters is 2. The van der Waals surface area contributed by atoms with Crippen LogP contribution in [0.3, 0.4) is 0 Å². The third-order valence-electron chi connectivity index (χ3n) is 7.55. The van der Waals surface area contributed by atoms with Gasteiger partial charge in [-0.05, 0) is 65.1 Å². The molecule has 1 atom stereocenters. The van der Waals surface area contributed by atoms with Crippen molar-refractivity contribution in [3.05, 3.63) is 123 Å². The number of anilines is 1. The number of oxime groups is 1. The summed E-state index contributed by atoms with van der Waals surface area (Å²) in [5.41, 5.74) is 5.17. The minimum Gasteiger partial charge on any atom is -0.469 e. The molecule has 248 valence electrons. The van der Waals surface area contributed by atoms with E-state index < -0.39 is 36.2 Å². The van der Waals surface area contributed by atoms with Crippen LogP contribution < -0.4 is 10.9 Å². The lowest BCUT2D eigenvalue weighted by molar-refractivity contribution is -0.153. The Morgan fingerprint density at radius 1 is 0.833 bits per heavy atom. The summed E-state index contributed by atoms with van der Waals surface area (Å²) in [5.74, 6) is -3.61. The number of halogens is 1. The van der Waals surface area contributed by atoms with Crippen molar-refractivity contribution in [2.24, 2.45) is 12.2 Å². The summed E-state index contributed by atoms with van der Waals surface area (Å²) < 4.78 is 24.6. The lowest BCUT2D eigenvalue weighted by Gasteiger charge is -2.22. The molecule has 11 nitrogen and oxygen atoms in total. The molecule has 1 N–H and O–H groups in total. The number of aromatic nitrogens is 1. The number of aryl methyl sites for hydroxylation is 2. The molecule has 0 bridgehead atoms. The molecule has 0 saturated heterocycles. The maximum atomic E-state index is 14.2. The van der Waals surface area contributed by atoms with E-state index in [9.17, 15) is 28.4 Å². The first-order chi connectivity index (χ1) is 23.0. The summed E-state index contributed by atoms with van der Waals surface area (Å²) in [5, 5.41) is 6.77. The summed E-state index contributed by atoms with van der Waals surface area (Å²) >= 11 is 0. The van der Waals surface area contributed by atoms with E-state index in [1.807, 2.05) is 36.4 Å². The number of amides is 1. The molecule has 0 aliphatic carbocycles. The number of methoxy groups -OCH3 is 2. The van der Waals surface area contributed by atoms with Crippen LogP contribution in [0, 0.1) is 12.7 Å². The fraction of sp³-hybridized carbons (Fsp3) is 0.222. The van der Waals surface area contributed by atoms with Gasteiger partial charge in [0.05, 0.1) is 19.9 Å². The van der Waals surface area contributed by atoms with Gasteiger partial charge in [0.2, 0.25) is 11.5 Å². The van der Waals surface area contributed by atoms with Crippen LogP contribution in [-0.4, -0.2) is 48.3 Å². The molecule has 0 aliphatic heterocycles. The molecule has 3 aromatic carbocycles. The quantitative estimate of drug-likeness (QED) is 0.0736. The Bertz CT molecular complexity index is 1900. The molecule has 0 aliphatic rings. The number of benzene rings is 3. The van der Waals surface area contributed by atoms with E-state index in [1.165, 1.54) is 29.9 Å². The smallest absolute Gasteiger partial charge is 0.346 e. The Morgan fingerprint density at radius 2 is 1.46 bits per heavy atom. The molecule has 48 heavy (non-hydrogen) atoms. The van der Waals surface area contributed by atoms with Crippen molar-refractivity contribution < 1.29 is 37.9 Å². The number of hydrogen-bond acceptors (Lipinski definition) is 9. The van der Waals surface area contributed by atoms with Crippen molar-refractivity contribution in [3.8, 4) is 11.1 Å². The van der Waals surface area contributed by atoms with E-state index in [4.69, 9.17) is 4.84 Å². The third-order valence-corrected chi connectivity index (χ3v) is 7.55. The summed E-state index contributed by atoms with van der Waals surface area (Å²) in [6.07, 6.45) is 0.715. The second-order valence-electron chi connectivity index (χ2n) is 10.9. The monoisotopic (exact) mass is 655 g/mol. The first-order valence-electron chi connectivity index (χ1n) is 14.8. The molecule has 4 aromatic rings. The molecular weight excluding hydrogens is 621 g/mol. The summed E-state index contributed by atoms with van der Waals surface area (Å²) in [6, 6.07) is 22.2. The summed E-state index contributed by atoms with van der Waals surface area (Å²) in [7, 11) is 3.95. The molecule has 1 amide bonds. The Morgan fingerprint density at radius 3 is 2.06 bits per heavy atom. The molecule has 0 radical (unpaired) electrons. The van der Waals surface area contributed by atoms with E-state index in [-0.39, 0.29) is 24.2 Å². The highest BCUT2D eigenvalue weighted by atomic mass is 19.1. The molecular formula is C36H34FN3O8. The van der Waals surface area contributed by atoms with Gasteiger partial charge < -0.3 is 24.2 Å². The van der Waals surface area contributed by atoms with E-state index in [2.05, 4.69) is 19.9 Å². The van der Waals surface area contributed by atoms with E-state index in [1.54, 1.807) is 44.4 Å². The lowest BCUT2D eigenvalue weighted by atomic mass is 9.83. The van der Waals surface area contributed by atoms with Crippen molar-refractivity contribution in [3.63, 3.8) is 0 Å². The molecule has 0 fully saturated rings. The van der Waals surface area contributed by atoms with Crippen LogP contribution in [0.1, 0.15) is 47.4 Å². The zero-order valence-corrected chi connectivity index (χ0v) is 26.8. The van der Waals surface area contributed by atoms with Crippen LogP contribution in [0.15, 0.2) is 95.0 Å². The van der Waals surface area contributed by atoms with Gasteiger partial charge in [0.1, 0.15) is 18.7 Å². The molecule has 12 heteroatoms. The number of nitrogens with one attached hydrogen (secondary N) is 1. The molecule has 1 aromatic heterocycles. The van der Waals surface area contributed by atoms with Gasteiger partial charge in [0.15, 0.2) is 0 Å². The van der Waals surface area contributed by atoms with Crippen LogP contribution in [0.5, 0.6) is 0 Å². The predicted molar refractivity (Wildman–Crippen MR) is 176 cm³/mol. The highest BCUT2D eigenvalue weighted by Gasteiger charge is 2.22. The molecule has 0 spiro atoms. The number of nitrogens with zero attached hydrogens (tertiary/aromatic N) is 2. The van der Waals surface area contributed by atoms with Crippen molar-refractivity contribution in [2.45, 2.75) is 32.1 Å². The number of carbonyl (C=O) groups is 4. The first kappa shape index (κ1) is 35.0. The fourth-order valence-electron chi connectivity index (χ4n) is 4.99. The molecule has 1 unspecified atom stereocenters. The highest BCUT2D eigenvalue weighted by Crippen LogP contribution is 2.34. The standard InChI is InChI=1S/C36H34FN3O8/c1-22-17-27(37)12-15-29(22)30(18-31(26-11-16-33(42)40(2)21-26)39-48-36(45)20-35(44)47-4)25-7-5-23(6-8-25)24-9-13-28(14-10-24)38-32(41)19-34(43)46-3/h5-17,21,30H,18-20H2,1-4H3,(H,38,41)/b39-31-. The number of hydrogen-bond donors (Lipinski definition) is 1. The van der Waals surface area contributed by atoms with Gasteiger partial charge in [0, 0.05) is 42.9 Å². The van der Waals surface area contributed by atoms with Crippen molar-refractivity contribution in [2.75, 3.05) is 19.5 Å². The highest BCUT2D eigenvalue weighted by molar-refractivity contribution is 6.02. The third kappa shape index (κ3) is 9.32. The zero-order chi connectivity index (χ0) is 34.8. The maximum Gasteiger partial charge on any atom is 0.346 e. The van der Waals surface area contributed by atoms with Crippen molar-refractivity contribution in [1.29, 1.82) is 0 Å². The van der Waals surface area contributed by atoms with Gasteiger partial charge in [-0.25, -0.2) is 9.18 Å². The van der Waals surface area contributed by atoms with Crippen LogP contribution in [0.4, 0.5) is 10.1 Å².